The molecule has 0 bridgehead atoms. The second kappa shape index (κ2) is 35.5. The molecule has 6 aromatic carbocycles. The molecule has 2 aliphatic heterocycles. The van der Waals surface area contributed by atoms with Crippen molar-refractivity contribution in [1.29, 1.82) is 0 Å². The van der Waals surface area contributed by atoms with Crippen LogP contribution in [0.25, 0.3) is 0 Å². The molecule has 15 heteroatoms. The molecule has 69 heavy (non-hydrogen) atoms. The van der Waals surface area contributed by atoms with Gasteiger partial charge in [-0.2, -0.15) is 0 Å². The van der Waals surface area contributed by atoms with E-state index in [2.05, 4.69) is 141 Å². The zero-order chi connectivity index (χ0) is 42.6. The van der Waals surface area contributed by atoms with E-state index in [0.717, 1.165) is 114 Å². The molecule has 8 rings (SSSR count). The van der Waals surface area contributed by atoms with Gasteiger partial charge in [-0.15, -0.1) is 49.6 Å². The monoisotopic (exact) mass is 1030 g/mol. The molecule has 2 heterocycles. The van der Waals surface area contributed by atoms with Crippen LogP contribution in [0.15, 0.2) is 170 Å². The molecule has 0 aromatic heterocycles. The zero-order valence-electron chi connectivity index (χ0n) is 39.8. The van der Waals surface area contributed by atoms with E-state index >= 15 is 0 Å². The zero-order valence-corrected chi connectivity index (χ0v) is 43.0. The first kappa shape index (κ1) is 64.4. The van der Waals surface area contributed by atoms with Crippen LogP contribution in [0.3, 0.4) is 0 Å². The van der Waals surface area contributed by atoms with E-state index in [1.807, 2.05) is 48.5 Å². The molecule has 2 atom stereocenters. The highest BCUT2D eigenvalue weighted by molar-refractivity contribution is 5.86. The summed E-state index contributed by atoms with van der Waals surface area (Å²) in [6, 6.07) is 58.3. The molecule has 2 saturated heterocycles. The molecule has 6 N–H and O–H groups in total. The third-order valence-electron chi connectivity index (χ3n) is 11.9. The first-order valence-electron chi connectivity index (χ1n) is 22.3. The lowest BCUT2D eigenvalue weighted by atomic mass is 10.1. The van der Waals surface area contributed by atoms with Gasteiger partial charge in [0.05, 0.1) is 14.2 Å². The van der Waals surface area contributed by atoms with Crippen molar-refractivity contribution in [3.8, 4) is 23.0 Å². The van der Waals surface area contributed by atoms with Crippen LogP contribution < -0.4 is 18.9 Å². The summed E-state index contributed by atoms with van der Waals surface area (Å²) in [6.07, 6.45) is 1.89. The number of ether oxygens (including phenoxy) is 4. The van der Waals surface area contributed by atoms with Gasteiger partial charge in [-0.25, -0.2) is 0 Å². The number of benzene rings is 6. The van der Waals surface area contributed by atoms with Crippen LogP contribution in [-0.4, -0.2) is 116 Å². The minimum Gasteiger partial charge on any atom is -0.493 e. The van der Waals surface area contributed by atoms with Gasteiger partial charge in [0.15, 0.2) is 23.0 Å². The lowest BCUT2D eigenvalue weighted by Gasteiger charge is -2.35. The first-order chi connectivity index (χ1) is 30.6. The summed E-state index contributed by atoms with van der Waals surface area (Å²) in [5, 5.41) is 0. The van der Waals surface area contributed by atoms with Gasteiger partial charge < -0.3 is 45.2 Å². The van der Waals surface area contributed by atoms with Crippen LogP contribution in [0.2, 0.25) is 0 Å². The molecule has 11 nitrogen and oxygen atoms in total. The minimum atomic E-state index is -0.000140. The van der Waals surface area contributed by atoms with Crippen LogP contribution in [0, 0.1) is 0 Å². The van der Waals surface area contributed by atoms with Crippen molar-refractivity contribution in [3.63, 3.8) is 0 Å². The number of piperazine rings is 2. The Labute approximate surface area is 435 Å². The minimum absolute atomic E-state index is 0. The molecule has 380 valence electrons. The van der Waals surface area contributed by atoms with Crippen LogP contribution in [-0.2, 0) is 13.1 Å². The number of methoxy groups -OCH3 is 2. The second-order valence-electron chi connectivity index (χ2n) is 16.1. The summed E-state index contributed by atoms with van der Waals surface area (Å²) in [5.41, 5.74) is 5.20. The van der Waals surface area contributed by atoms with Crippen molar-refractivity contribution in [2.45, 2.75) is 38.1 Å². The Morgan fingerprint density at radius 1 is 0.348 bits per heavy atom. The van der Waals surface area contributed by atoms with Gasteiger partial charge in [0, 0.05) is 91.4 Å². The quantitative estimate of drug-likeness (QED) is 0.0829. The van der Waals surface area contributed by atoms with Gasteiger partial charge in [0.25, 0.3) is 0 Å². The van der Waals surface area contributed by atoms with E-state index in [0.29, 0.717) is 0 Å². The highest BCUT2D eigenvalue weighted by Crippen LogP contribution is 2.34. The van der Waals surface area contributed by atoms with Crippen LogP contribution in [0.4, 0.5) is 0 Å². The molecule has 2 unspecified atom stereocenters. The van der Waals surface area contributed by atoms with Crippen molar-refractivity contribution in [2.24, 2.45) is 0 Å². The second-order valence-corrected chi connectivity index (χ2v) is 16.1. The molecule has 2 fully saturated rings. The van der Waals surface area contributed by atoms with E-state index in [-0.39, 0.29) is 78.3 Å². The number of hydrogen-bond donors (Lipinski definition) is 0. The number of halogens is 4. The van der Waals surface area contributed by atoms with Crippen molar-refractivity contribution >= 4 is 49.6 Å². The molecule has 2 aliphatic rings. The Hall–Kier alpha value is -4.60. The fraction of sp³-hybridized carbons (Fsp3) is 0.333. The number of nitrogens with zero attached hydrogens (tertiary/aromatic N) is 4. The number of para-hydroxylation sites is 4. The van der Waals surface area contributed by atoms with Crippen LogP contribution >= 0.6 is 49.6 Å². The lowest BCUT2D eigenvalue weighted by Crippen LogP contribution is -2.46. The van der Waals surface area contributed by atoms with Crippen molar-refractivity contribution in [2.75, 3.05) is 79.7 Å². The molecular formula is C54H74Cl4N4O7. The largest absolute Gasteiger partial charge is 0.493 e. The normalized spacial score (nSPS) is 14.4. The van der Waals surface area contributed by atoms with Crippen molar-refractivity contribution < 1.29 is 35.4 Å². The van der Waals surface area contributed by atoms with E-state index in [4.69, 9.17) is 18.9 Å². The maximum Gasteiger partial charge on any atom is 0.162 e. The molecular weight excluding hydrogens is 958 g/mol. The molecule has 0 aliphatic carbocycles. The smallest absolute Gasteiger partial charge is 0.162 e. The SMILES string of the molecule is COc1ccccc1OC(CCN1CCN(Cc2ccccc2)CC1)c1ccccc1.COc1ccccc1OC(CCN1CCN(Cc2ccccc2)CC1)c1ccccc1.Cl.Cl.Cl.Cl.O.O.O. The average Bonchev–Trinajstić information content (AvgIpc) is 3.34. The van der Waals surface area contributed by atoms with Crippen LogP contribution in [0.5, 0.6) is 23.0 Å². The van der Waals surface area contributed by atoms with Crippen molar-refractivity contribution in [3.05, 3.63) is 192 Å². The van der Waals surface area contributed by atoms with E-state index in [9.17, 15) is 0 Å². The Morgan fingerprint density at radius 2 is 0.609 bits per heavy atom. The van der Waals surface area contributed by atoms with Crippen molar-refractivity contribution in [1.82, 2.24) is 19.6 Å². The Morgan fingerprint density at radius 3 is 0.913 bits per heavy atom. The Balaban J connectivity index is 0.00000122. The third-order valence-corrected chi connectivity index (χ3v) is 11.9. The molecule has 0 amide bonds. The Bertz CT molecular complexity index is 2000. The van der Waals surface area contributed by atoms with E-state index < -0.39 is 0 Å². The van der Waals surface area contributed by atoms with Gasteiger partial charge in [0.1, 0.15) is 12.2 Å². The number of rotatable bonds is 18. The lowest BCUT2D eigenvalue weighted by molar-refractivity contribution is 0.106. The summed E-state index contributed by atoms with van der Waals surface area (Å²) in [7, 11) is 3.38. The topological polar surface area (TPSA) is 144 Å². The maximum atomic E-state index is 6.45. The summed E-state index contributed by atoms with van der Waals surface area (Å²) < 4.78 is 23.9. The predicted molar refractivity (Wildman–Crippen MR) is 291 cm³/mol. The highest BCUT2D eigenvalue weighted by Gasteiger charge is 2.23. The van der Waals surface area contributed by atoms with Gasteiger partial charge in [-0.3, -0.25) is 9.80 Å². The van der Waals surface area contributed by atoms with Gasteiger partial charge in [0.2, 0.25) is 0 Å². The van der Waals surface area contributed by atoms with Crippen LogP contribution in [0.1, 0.15) is 47.3 Å². The maximum absolute atomic E-state index is 6.45. The molecule has 0 spiro atoms. The molecule has 6 aromatic rings. The molecule has 0 saturated carbocycles. The molecule has 0 radical (unpaired) electrons. The van der Waals surface area contributed by atoms with Gasteiger partial charge in [-0.05, 0) is 46.5 Å². The standard InChI is InChI=1S/2C27H32N2O2.4ClH.3H2O/c2*1-30-26-14-8-9-15-27(26)31-25(24-12-6-3-7-13-24)16-17-28-18-20-29(21-19-28)22-23-10-4-2-5-11-23;;;;;;;/h2*2-15,25H,16-22H2,1H3;4*1H;3*1H2. The Kier molecular flexibility index (Phi) is 33.1. The summed E-state index contributed by atoms with van der Waals surface area (Å²) >= 11 is 0. The van der Waals surface area contributed by atoms with E-state index in [1.54, 1.807) is 14.2 Å². The first-order valence-corrected chi connectivity index (χ1v) is 22.3. The third kappa shape index (κ3) is 20.7. The highest BCUT2D eigenvalue weighted by atomic mass is 35.5. The average molecular weight is 1030 g/mol. The van der Waals surface area contributed by atoms with Gasteiger partial charge >= 0.3 is 0 Å². The van der Waals surface area contributed by atoms with Gasteiger partial charge in [-0.1, -0.05) is 146 Å². The summed E-state index contributed by atoms with van der Waals surface area (Å²) in [5.74, 6) is 3.15. The summed E-state index contributed by atoms with van der Waals surface area (Å²) in [6.45, 7) is 13.0. The van der Waals surface area contributed by atoms with E-state index in [1.165, 1.54) is 22.3 Å². The fourth-order valence-corrected chi connectivity index (χ4v) is 8.29. The predicted octanol–water partition coefficient (Wildman–Crippen LogP) is 9.26. The number of hydrogen-bond acceptors (Lipinski definition) is 8. The summed E-state index contributed by atoms with van der Waals surface area (Å²) in [4.78, 5) is 10.2. The fourth-order valence-electron chi connectivity index (χ4n) is 8.29.